The summed E-state index contributed by atoms with van der Waals surface area (Å²) in [5, 5.41) is 5.08. The third kappa shape index (κ3) is 2.50. The van der Waals surface area contributed by atoms with E-state index in [1.54, 1.807) is 0 Å². The summed E-state index contributed by atoms with van der Waals surface area (Å²) in [5.41, 5.74) is 4.82. The number of H-pyrrole nitrogens is 1. The molecule has 0 atom stereocenters. The van der Waals surface area contributed by atoms with Crippen LogP contribution in [0.15, 0.2) is 97.2 Å². The van der Waals surface area contributed by atoms with Crippen LogP contribution in [0.5, 0.6) is 0 Å². The van der Waals surface area contributed by atoms with Crippen LogP contribution in [0.3, 0.4) is 0 Å². The Labute approximate surface area is 146 Å². The fourth-order valence-electron chi connectivity index (χ4n) is 3.45. The van der Waals surface area contributed by atoms with E-state index in [-0.39, 0.29) is 0 Å². The molecule has 0 bridgehead atoms. The van der Waals surface area contributed by atoms with E-state index >= 15 is 0 Å². The van der Waals surface area contributed by atoms with E-state index in [0.717, 1.165) is 5.69 Å². The fourth-order valence-corrected chi connectivity index (χ4v) is 3.45. The maximum Gasteiger partial charge on any atom is 0.0460 e. The van der Waals surface area contributed by atoms with Crippen LogP contribution in [0.2, 0.25) is 0 Å². The van der Waals surface area contributed by atoms with Crippen molar-refractivity contribution >= 4 is 21.5 Å². The summed E-state index contributed by atoms with van der Waals surface area (Å²) in [6, 6.07) is 32.4. The first-order valence-corrected chi connectivity index (χ1v) is 8.54. The zero-order valence-electron chi connectivity index (χ0n) is 13.7. The number of hydrogen-bond donors (Lipinski definition) is 1. The van der Waals surface area contributed by atoms with Crippen molar-refractivity contribution in [3.8, 4) is 22.4 Å². The van der Waals surface area contributed by atoms with Gasteiger partial charge < -0.3 is 4.98 Å². The number of fused-ring (bicyclic) bond motifs is 2. The predicted octanol–water partition coefficient (Wildman–Crippen LogP) is 6.66. The molecule has 5 rings (SSSR count). The van der Waals surface area contributed by atoms with Crippen LogP contribution in [-0.2, 0) is 0 Å². The highest BCUT2D eigenvalue weighted by Crippen LogP contribution is 2.29. The van der Waals surface area contributed by atoms with E-state index in [0.29, 0.717) is 0 Å². The number of rotatable bonds is 2. The molecule has 0 aliphatic heterocycles. The van der Waals surface area contributed by atoms with Gasteiger partial charge in [-0.3, -0.25) is 0 Å². The summed E-state index contributed by atoms with van der Waals surface area (Å²) >= 11 is 0. The summed E-state index contributed by atoms with van der Waals surface area (Å²) in [5.74, 6) is 0. The quantitative estimate of drug-likeness (QED) is 0.374. The van der Waals surface area contributed by atoms with E-state index in [1.807, 2.05) is 0 Å². The standard InChI is InChI=1S/C24H17N/c1-3-7-19-13-21(11-9-17(19)5-1)23-15-24(25-16-23)22-12-10-18-6-2-4-8-20(18)14-22/h1-16,25H. The topological polar surface area (TPSA) is 15.8 Å². The Morgan fingerprint density at radius 1 is 0.440 bits per heavy atom. The largest absolute Gasteiger partial charge is 0.361 e. The molecule has 0 radical (unpaired) electrons. The van der Waals surface area contributed by atoms with Gasteiger partial charge in [0.05, 0.1) is 0 Å². The second-order valence-electron chi connectivity index (χ2n) is 6.43. The van der Waals surface area contributed by atoms with Crippen molar-refractivity contribution in [3.63, 3.8) is 0 Å². The molecule has 4 aromatic carbocycles. The van der Waals surface area contributed by atoms with Crippen molar-refractivity contribution < 1.29 is 0 Å². The van der Waals surface area contributed by atoms with Gasteiger partial charge in [0.1, 0.15) is 0 Å². The van der Waals surface area contributed by atoms with Crippen LogP contribution in [0.1, 0.15) is 0 Å². The highest BCUT2D eigenvalue weighted by atomic mass is 14.7. The molecular formula is C24H17N. The van der Waals surface area contributed by atoms with Crippen molar-refractivity contribution in [3.05, 3.63) is 97.2 Å². The minimum absolute atomic E-state index is 1.15. The Bertz CT molecular complexity index is 1100. The second-order valence-corrected chi connectivity index (χ2v) is 6.43. The number of hydrogen-bond acceptors (Lipinski definition) is 0. The van der Waals surface area contributed by atoms with Gasteiger partial charge in [-0.2, -0.15) is 0 Å². The highest BCUT2D eigenvalue weighted by Gasteiger charge is 2.06. The van der Waals surface area contributed by atoms with Gasteiger partial charge in [-0.15, -0.1) is 0 Å². The lowest BCUT2D eigenvalue weighted by atomic mass is 10.0. The summed E-state index contributed by atoms with van der Waals surface area (Å²) in [7, 11) is 0. The summed E-state index contributed by atoms with van der Waals surface area (Å²) < 4.78 is 0. The van der Waals surface area contributed by atoms with E-state index in [4.69, 9.17) is 0 Å². The van der Waals surface area contributed by atoms with Crippen molar-refractivity contribution in [1.82, 2.24) is 4.98 Å². The van der Waals surface area contributed by atoms with E-state index in [1.165, 1.54) is 38.2 Å². The van der Waals surface area contributed by atoms with Gasteiger partial charge in [0.25, 0.3) is 0 Å². The third-order valence-corrected chi connectivity index (χ3v) is 4.83. The molecule has 1 heteroatoms. The Morgan fingerprint density at radius 3 is 1.68 bits per heavy atom. The van der Waals surface area contributed by atoms with E-state index in [2.05, 4.69) is 102 Å². The van der Waals surface area contributed by atoms with Crippen LogP contribution in [-0.4, -0.2) is 4.98 Å². The van der Waals surface area contributed by atoms with Crippen LogP contribution >= 0.6 is 0 Å². The molecule has 118 valence electrons. The molecule has 1 aromatic heterocycles. The summed E-state index contributed by atoms with van der Waals surface area (Å²) in [6.45, 7) is 0. The van der Waals surface area contributed by atoms with Crippen molar-refractivity contribution in [2.24, 2.45) is 0 Å². The molecule has 1 heterocycles. The second kappa shape index (κ2) is 5.64. The maximum absolute atomic E-state index is 3.43. The first-order valence-electron chi connectivity index (χ1n) is 8.54. The van der Waals surface area contributed by atoms with Gasteiger partial charge in [0, 0.05) is 11.9 Å². The lowest BCUT2D eigenvalue weighted by molar-refractivity contribution is 1.41. The Kier molecular flexibility index (Phi) is 3.17. The Hall–Kier alpha value is -3.32. The minimum Gasteiger partial charge on any atom is -0.361 e. The molecule has 0 unspecified atom stereocenters. The Morgan fingerprint density at radius 2 is 1.00 bits per heavy atom. The van der Waals surface area contributed by atoms with E-state index < -0.39 is 0 Å². The van der Waals surface area contributed by atoms with Gasteiger partial charge in [-0.05, 0) is 56.4 Å². The first kappa shape index (κ1) is 14.1. The monoisotopic (exact) mass is 319 g/mol. The molecule has 0 aliphatic carbocycles. The maximum atomic E-state index is 3.43. The van der Waals surface area contributed by atoms with Crippen LogP contribution in [0, 0.1) is 0 Å². The van der Waals surface area contributed by atoms with Crippen LogP contribution in [0.25, 0.3) is 43.9 Å². The van der Waals surface area contributed by atoms with Crippen molar-refractivity contribution in [2.75, 3.05) is 0 Å². The lowest BCUT2D eigenvalue weighted by Crippen LogP contribution is -1.78. The molecular weight excluding hydrogens is 302 g/mol. The zero-order valence-corrected chi connectivity index (χ0v) is 13.7. The molecule has 1 N–H and O–H groups in total. The predicted molar refractivity (Wildman–Crippen MR) is 107 cm³/mol. The van der Waals surface area contributed by atoms with E-state index in [9.17, 15) is 0 Å². The lowest BCUT2D eigenvalue weighted by Gasteiger charge is -2.02. The molecule has 0 amide bonds. The van der Waals surface area contributed by atoms with Gasteiger partial charge in [-0.1, -0.05) is 72.8 Å². The summed E-state index contributed by atoms with van der Waals surface area (Å²) in [4.78, 5) is 3.43. The molecule has 0 saturated heterocycles. The fraction of sp³-hybridized carbons (Fsp3) is 0. The molecule has 1 nitrogen and oxygen atoms in total. The molecule has 0 aliphatic rings. The highest BCUT2D eigenvalue weighted by molar-refractivity contribution is 5.89. The molecule has 0 spiro atoms. The SMILES string of the molecule is c1ccc2cc(-c3c[nH]c(-c4ccc5ccccc5c4)c3)ccc2c1. The van der Waals surface area contributed by atoms with Crippen molar-refractivity contribution in [1.29, 1.82) is 0 Å². The average molecular weight is 319 g/mol. The van der Waals surface area contributed by atoms with Gasteiger partial charge in [-0.25, -0.2) is 0 Å². The molecule has 25 heavy (non-hydrogen) atoms. The molecule has 0 fully saturated rings. The number of aromatic nitrogens is 1. The zero-order chi connectivity index (χ0) is 16.6. The first-order chi connectivity index (χ1) is 12.4. The van der Waals surface area contributed by atoms with Gasteiger partial charge in [0.15, 0.2) is 0 Å². The molecule has 0 saturated carbocycles. The van der Waals surface area contributed by atoms with Crippen LogP contribution < -0.4 is 0 Å². The average Bonchev–Trinajstić information content (AvgIpc) is 3.17. The van der Waals surface area contributed by atoms with Gasteiger partial charge in [0.2, 0.25) is 0 Å². The summed E-state index contributed by atoms with van der Waals surface area (Å²) in [6.07, 6.45) is 2.09. The third-order valence-electron chi connectivity index (χ3n) is 4.83. The smallest absolute Gasteiger partial charge is 0.0460 e. The van der Waals surface area contributed by atoms with Gasteiger partial charge >= 0.3 is 0 Å². The number of benzene rings is 4. The normalized spacial score (nSPS) is 11.2. The molecule has 5 aromatic rings. The Balaban J connectivity index is 1.57. The minimum atomic E-state index is 1.15. The van der Waals surface area contributed by atoms with Crippen LogP contribution in [0.4, 0.5) is 0 Å². The number of nitrogens with one attached hydrogen (secondary N) is 1. The van der Waals surface area contributed by atoms with Crippen molar-refractivity contribution in [2.45, 2.75) is 0 Å². The number of aromatic amines is 1.